The number of benzene rings is 2. The second kappa shape index (κ2) is 5.20. The molecule has 0 fully saturated rings. The van der Waals surface area contributed by atoms with Crippen LogP contribution in [0.4, 0.5) is 0 Å². The zero-order valence-electron chi connectivity index (χ0n) is 11.1. The van der Waals surface area contributed by atoms with Crippen molar-refractivity contribution in [3.63, 3.8) is 0 Å². The lowest BCUT2D eigenvalue weighted by atomic mass is 10.0. The first kappa shape index (κ1) is 14.2. The van der Waals surface area contributed by atoms with Crippen LogP contribution in [0, 0.1) is 0 Å². The summed E-state index contributed by atoms with van der Waals surface area (Å²) >= 11 is 5.87. The van der Waals surface area contributed by atoms with Gasteiger partial charge in [0.2, 0.25) is 0 Å². The van der Waals surface area contributed by atoms with E-state index in [-0.39, 0.29) is 22.2 Å². The molecule has 22 heavy (non-hydrogen) atoms. The molecule has 0 bridgehead atoms. The maximum absolute atomic E-state index is 12.7. The van der Waals surface area contributed by atoms with E-state index < -0.39 is 16.7 Å². The molecule has 3 rings (SSSR count). The molecule has 0 radical (unpaired) electrons. The maximum atomic E-state index is 12.7. The van der Waals surface area contributed by atoms with Crippen LogP contribution < -0.4 is 11.0 Å². The van der Waals surface area contributed by atoms with E-state index in [4.69, 9.17) is 11.6 Å². The number of hydrogen-bond donors (Lipinski definition) is 3. The van der Waals surface area contributed by atoms with E-state index in [1.165, 1.54) is 42.5 Å². The fraction of sp³-hybridized carbons (Fsp3) is 0. The van der Waals surface area contributed by atoms with Crippen molar-refractivity contribution in [1.29, 1.82) is 0 Å². The number of fused-ring (bicyclic) bond motifs is 1. The van der Waals surface area contributed by atoms with Crippen molar-refractivity contribution in [2.75, 3.05) is 0 Å². The minimum absolute atomic E-state index is 0.0153. The third-order valence-electron chi connectivity index (χ3n) is 3.31. The number of nitrogens with one attached hydrogen (secondary N) is 1. The molecule has 1 heterocycles. The van der Waals surface area contributed by atoms with Gasteiger partial charge in [0.15, 0.2) is 11.2 Å². The molecule has 3 N–H and O–H groups in total. The number of phenolic OH excluding ortho intramolecular Hbond substituents is 1. The lowest BCUT2D eigenvalue weighted by molar-refractivity contribution is 0.469. The van der Waals surface area contributed by atoms with Crippen molar-refractivity contribution in [3.05, 3.63) is 68.1 Å². The van der Waals surface area contributed by atoms with Gasteiger partial charge in [-0.1, -0.05) is 23.7 Å². The predicted molar refractivity (Wildman–Crippen MR) is 84.6 cm³/mol. The van der Waals surface area contributed by atoms with Gasteiger partial charge < -0.3 is 15.2 Å². The largest absolute Gasteiger partial charge is 0.508 e. The first-order chi connectivity index (χ1) is 10.5. The van der Waals surface area contributed by atoms with E-state index in [2.05, 4.69) is 4.98 Å². The van der Waals surface area contributed by atoms with Crippen LogP contribution in [0.3, 0.4) is 0 Å². The number of hydrogen-bond acceptors (Lipinski definition) is 4. The quantitative estimate of drug-likeness (QED) is 0.644. The Morgan fingerprint density at radius 1 is 0.955 bits per heavy atom. The van der Waals surface area contributed by atoms with Gasteiger partial charge in [0.25, 0.3) is 5.56 Å². The standard InChI is InChI=1S/C16H10ClNO4/c17-9-3-6-11-12(7-9)18-16(22)15(21)13(14(11)20)8-1-4-10(19)5-2-8/h1-7,19,21H,(H,18,22). The van der Waals surface area contributed by atoms with Crippen molar-refractivity contribution < 1.29 is 10.2 Å². The molecule has 0 saturated heterocycles. The van der Waals surface area contributed by atoms with Crippen molar-refractivity contribution in [2.45, 2.75) is 0 Å². The molecule has 0 atom stereocenters. The maximum Gasteiger partial charge on any atom is 0.291 e. The van der Waals surface area contributed by atoms with Crippen molar-refractivity contribution >= 4 is 22.5 Å². The molecule has 0 aliphatic carbocycles. The van der Waals surface area contributed by atoms with Crippen LogP contribution in [0.2, 0.25) is 5.02 Å². The Labute approximate surface area is 129 Å². The van der Waals surface area contributed by atoms with Crippen LogP contribution in [0.1, 0.15) is 0 Å². The average Bonchev–Trinajstić information content (AvgIpc) is 2.57. The number of halogens is 1. The van der Waals surface area contributed by atoms with Crippen molar-refractivity contribution in [3.8, 4) is 22.6 Å². The van der Waals surface area contributed by atoms with E-state index in [1.54, 1.807) is 0 Å². The van der Waals surface area contributed by atoms with Crippen LogP contribution >= 0.6 is 11.6 Å². The summed E-state index contributed by atoms with van der Waals surface area (Å²) in [6.45, 7) is 0. The SMILES string of the molecule is O=c1[nH]c2cc(Cl)ccc2c(=O)c(-c2ccc(O)cc2)c1O. The summed E-state index contributed by atoms with van der Waals surface area (Å²) in [5, 5.41) is 20.0. The van der Waals surface area contributed by atoms with Crippen LogP contribution in [0.25, 0.3) is 22.0 Å². The molecule has 0 aliphatic heterocycles. The van der Waals surface area contributed by atoms with Gasteiger partial charge in [-0.05, 0) is 35.9 Å². The molecule has 3 aromatic rings. The van der Waals surface area contributed by atoms with Gasteiger partial charge in [-0.15, -0.1) is 0 Å². The van der Waals surface area contributed by atoms with Gasteiger partial charge in [-0.2, -0.15) is 0 Å². The smallest absolute Gasteiger partial charge is 0.291 e. The molecule has 0 spiro atoms. The Bertz CT molecular complexity index is 994. The second-order valence-electron chi connectivity index (χ2n) is 4.74. The molecule has 110 valence electrons. The Hall–Kier alpha value is -2.79. The number of aromatic hydroxyl groups is 2. The summed E-state index contributed by atoms with van der Waals surface area (Å²) in [6, 6.07) is 10.1. The third-order valence-corrected chi connectivity index (χ3v) is 3.54. The Kier molecular flexibility index (Phi) is 3.35. The first-order valence-corrected chi connectivity index (χ1v) is 6.73. The predicted octanol–water partition coefficient (Wildman–Crippen LogP) is 2.62. The second-order valence-corrected chi connectivity index (χ2v) is 5.18. The number of aromatic amines is 1. The van der Waals surface area contributed by atoms with Crippen LogP contribution in [-0.4, -0.2) is 15.2 Å². The summed E-state index contributed by atoms with van der Waals surface area (Å²) in [7, 11) is 0. The Morgan fingerprint density at radius 3 is 2.32 bits per heavy atom. The molecule has 0 unspecified atom stereocenters. The normalized spacial score (nSPS) is 10.8. The highest BCUT2D eigenvalue weighted by atomic mass is 35.5. The highest BCUT2D eigenvalue weighted by Crippen LogP contribution is 2.25. The molecule has 0 amide bonds. The third kappa shape index (κ3) is 2.31. The van der Waals surface area contributed by atoms with E-state index in [9.17, 15) is 19.8 Å². The summed E-state index contributed by atoms with van der Waals surface area (Å²) in [6.07, 6.45) is 0. The monoisotopic (exact) mass is 315 g/mol. The molecule has 6 heteroatoms. The number of phenols is 1. The topological polar surface area (TPSA) is 90.4 Å². The van der Waals surface area contributed by atoms with Crippen molar-refractivity contribution in [1.82, 2.24) is 4.98 Å². The summed E-state index contributed by atoms with van der Waals surface area (Å²) in [4.78, 5) is 27.1. The summed E-state index contributed by atoms with van der Waals surface area (Å²) in [5.41, 5.74) is -0.856. The number of H-pyrrole nitrogens is 1. The fourth-order valence-electron chi connectivity index (χ4n) is 2.25. The van der Waals surface area contributed by atoms with Crippen LogP contribution in [0.5, 0.6) is 11.5 Å². The van der Waals surface area contributed by atoms with E-state index in [1.807, 2.05) is 0 Å². The van der Waals surface area contributed by atoms with Crippen molar-refractivity contribution in [2.24, 2.45) is 0 Å². The minimum Gasteiger partial charge on any atom is -0.508 e. The zero-order chi connectivity index (χ0) is 15.9. The molecule has 5 nitrogen and oxygen atoms in total. The lowest BCUT2D eigenvalue weighted by Crippen LogP contribution is -2.05. The van der Waals surface area contributed by atoms with Gasteiger partial charge in [0, 0.05) is 10.4 Å². The minimum atomic E-state index is -0.794. The van der Waals surface area contributed by atoms with E-state index in [0.29, 0.717) is 10.6 Å². The molecular weight excluding hydrogens is 306 g/mol. The van der Waals surface area contributed by atoms with Gasteiger partial charge in [-0.25, -0.2) is 0 Å². The molecule has 0 saturated carbocycles. The van der Waals surface area contributed by atoms with E-state index in [0.717, 1.165) is 0 Å². The lowest BCUT2D eigenvalue weighted by Gasteiger charge is -2.00. The first-order valence-electron chi connectivity index (χ1n) is 6.35. The summed E-state index contributed by atoms with van der Waals surface area (Å²) < 4.78 is 0. The molecular formula is C16H10ClNO4. The Morgan fingerprint density at radius 2 is 1.64 bits per heavy atom. The zero-order valence-corrected chi connectivity index (χ0v) is 11.9. The van der Waals surface area contributed by atoms with Crippen LogP contribution in [-0.2, 0) is 0 Å². The molecule has 1 aromatic heterocycles. The number of rotatable bonds is 1. The molecule has 0 aliphatic rings. The number of aromatic nitrogens is 1. The van der Waals surface area contributed by atoms with E-state index >= 15 is 0 Å². The Balaban J connectivity index is 2.50. The highest BCUT2D eigenvalue weighted by molar-refractivity contribution is 6.31. The van der Waals surface area contributed by atoms with Gasteiger partial charge in [0.1, 0.15) is 5.75 Å². The molecule has 2 aromatic carbocycles. The average molecular weight is 316 g/mol. The summed E-state index contributed by atoms with van der Waals surface area (Å²) in [5.74, 6) is -0.662. The van der Waals surface area contributed by atoms with Gasteiger partial charge in [0.05, 0.1) is 11.1 Å². The van der Waals surface area contributed by atoms with Gasteiger partial charge >= 0.3 is 0 Å². The van der Waals surface area contributed by atoms with Crippen LogP contribution in [0.15, 0.2) is 52.1 Å². The fourth-order valence-corrected chi connectivity index (χ4v) is 2.42. The highest BCUT2D eigenvalue weighted by Gasteiger charge is 2.14. The van der Waals surface area contributed by atoms with Gasteiger partial charge in [-0.3, -0.25) is 9.59 Å².